The Kier molecular flexibility index (Phi) is 4.99. The zero-order chi connectivity index (χ0) is 17.9. The highest BCUT2D eigenvalue weighted by Crippen LogP contribution is 2.31. The van der Waals surface area contributed by atoms with E-state index >= 15 is 0 Å². The average Bonchev–Trinajstić information content (AvgIpc) is 3.32. The van der Waals surface area contributed by atoms with Gasteiger partial charge in [-0.15, -0.1) is 11.3 Å². The second-order valence-corrected chi connectivity index (χ2v) is 7.75. The van der Waals surface area contributed by atoms with E-state index in [1.807, 2.05) is 24.3 Å². The van der Waals surface area contributed by atoms with Crippen molar-refractivity contribution in [3.05, 3.63) is 45.9 Å². The number of amides is 2. The molecular weight excluding hydrogens is 350 g/mol. The van der Waals surface area contributed by atoms with Crippen molar-refractivity contribution >= 4 is 28.8 Å². The number of aromatic nitrogens is 1. The Morgan fingerprint density at radius 1 is 1.27 bits per heavy atom. The minimum atomic E-state index is -0.145. The third kappa shape index (κ3) is 3.78. The third-order valence-electron chi connectivity index (χ3n) is 4.86. The number of hydrogen-bond acceptors (Lipinski definition) is 5. The Morgan fingerprint density at radius 3 is 2.88 bits per heavy atom. The maximum absolute atomic E-state index is 12.6. The summed E-state index contributed by atoms with van der Waals surface area (Å²) in [6.07, 6.45) is 4.93. The number of ether oxygens (including phenoxy) is 1. The molecule has 1 aromatic heterocycles. The van der Waals surface area contributed by atoms with Gasteiger partial charge in [-0.25, -0.2) is 4.98 Å². The van der Waals surface area contributed by atoms with E-state index in [0.717, 1.165) is 48.7 Å². The lowest BCUT2D eigenvalue weighted by Gasteiger charge is -2.19. The first kappa shape index (κ1) is 17.2. The van der Waals surface area contributed by atoms with Gasteiger partial charge in [-0.1, -0.05) is 12.1 Å². The maximum atomic E-state index is 12.6. The van der Waals surface area contributed by atoms with Crippen LogP contribution in [0.3, 0.4) is 0 Å². The zero-order valence-electron chi connectivity index (χ0n) is 14.4. The molecule has 136 valence electrons. The third-order valence-corrected chi connectivity index (χ3v) is 6.02. The Labute approximate surface area is 156 Å². The molecular formula is C19H21N3O3S. The molecule has 0 bridgehead atoms. The van der Waals surface area contributed by atoms with Crippen LogP contribution in [0, 0.1) is 0 Å². The molecule has 2 N–H and O–H groups in total. The van der Waals surface area contributed by atoms with Gasteiger partial charge in [0.1, 0.15) is 4.88 Å². The fourth-order valence-electron chi connectivity index (χ4n) is 3.42. The van der Waals surface area contributed by atoms with Gasteiger partial charge in [-0.05, 0) is 37.0 Å². The normalized spacial score (nSPS) is 20.8. The Morgan fingerprint density at radius 2 is 2.12 bits per heavy atom. The summed E-state index contributed by atoms with van der Waals surface area (Å²) in [6.45, 7) is 1.52. The van der Waals surface area contributed by atoms with Crippen LogP contribution in [0.4, 0.5) is 5.69 Å². The number of benzene rings is 1. The number of nitrogens with zero attached hydrogens (tertiary/aromatic N) is 1. The SMILES string of the molecule is O=C1CCC(c2cccc(NC(=O)c3cnc(C4CCOCC4)s3)c2)N1. The lowest BCUT2D eigenvalue weighted by atomic mass is 10.0. The average molecular weight is 371 g/mol. The molecule has 1 unspecified atom stereocenters. The Bertz CT molecular complexity index is 814. The van der Waals surface area contributed by atoms with E-state index in [-0.39, 0.29) is 17.9 Å². The summed E-state index contributed by atoms with van der Waals surface area (Å²) in [5, 5.41) is 6.91. The fourth-order valence-corrected chi connectivity index (χ4v) is 4.40. The molecule has 2 aliphatic heterocycles. The van der Waals surface area contributed by atoms with Crippen LogP contribution in [-0.2, 0) is 9.53 Å². The van der Waals surface area contributed by atoms with Crippen LogP contribution in [0.1, 0.15) is 57.9 Å². The van der Waals surface area contributed by atoms with Crippen molar-refractivity contribution in [3.8, 4) is 0 Å². The second kappa shape index (κ2) is 7.55. The molecule has 1 aromatic carbocycles. The quantitative estimate of drug-likeness (QED) is 0.865. The summed E-state index contributed by atoms with van der Waals surface area (Å²) in [4.78, 5) is 29.0. The molecule has 0 saturated carbocycles. The number of carbonyl (C=O) groups is 2. The van der Waals surface area contributed by atoms with Crippen LogP contribution in [-0.4, -0.2) is 30.0 Å². The lowest BCUT2D eigenvalue weighted by Crippen LogP contribution is -2.18. The minimum Gasteiger partial charge on any atom is -0.381 e. The number of hydrogen-bond donors (Lipinski definition) is 2. The van der Waals surface area contributed by atoms with E-state index in [4.69, 9.17) is 4.74 Å². The molecule has 0 radical (unpaired) electrons. The van der Waals surface area contributed by atoms with Gasteiger partial charge in [0.15, 0.2) is 0 Å². The molecule has 2 aromatic rings. The molecule has 1 atom stereocenters. The van der Waals surface area contributed by atoms with E-state index < -0.39 is 0 Å². The van der Waals surface area contributed by atoms with Gasteiger partial charge >= 0.3 is 0 Å². The number of thiazole rings is 1. The molecule has 0 aliphatic carbocycles. The second-order valence-electron chi connectivity index (χ2n) is 6.69. The van der Waals surface area contributed by atoms with Crippen molar-refractivity contribution in [2.75, 3.05) is 18.5 Å². The summed E-state index contributed by atoms with van der Waals surface area (Å²) >= 11 is 1.46. The van der Waals surface area contributed by atoms with Crippen molar-refractivity contribution in [2.45, 2.75) is 37.6 Å². The van der Waals surface area contributed by atoms with Crippen LogP contribution in [0.5, 0.6) is 0 Å². The number of nitrogens with one attached hydrogen (secondary N) is 2. The van der Waals surface area contributed by atoms with E-state index in [9.17, 15) is 9.59 Å². The van der Waals surface area contributed by atoms with Crippen LogP contribution in [0.15, 0.2) is 30.5 Å². The zero-order valence-corrected chi connectivity index (χ0v) is 15.2. The molecule has 2 fully saturated rings. The highest BCUT2D eigenvalue weighted by Gasteiger charge is 2.23. The van der Waals surface area contributed by atoms with Crippen molar-refractivity contribution in [2.24, 2.45) is 0 Å². The van der Waals surface area contributed by atoms with Crippen molar-refractivity contribution in [1.29, 1.82) is 0 Å². The van der Waals surface area contributed by atoms with Crippen LogP contribution in [0.2, 0.25) is 0 Å². The first-order chi connectivity index (χ1) is 12.7. The summed E-state index contributed by atoms with van der Waals surface area (Å²) in [5.74, 6) is 0.327. The highest BCUT2D eigenvalue weighted by molar-refractivity contribution is 7.13. The maximum Gasteiger partial charge on any atom is 0.267 e. The summed E-state index contributed by atoms with van der Waals surface area (Å²) < 4.78 is 5.39. The summed E-state index contributed by atoms with van der Waals surface area (Å²) in [7, 11) is 0. The van der Waals surface area contributed by atoms with Crippen molar-refractivity contribution < 1.29 is 14.3 Å². The van der Waals surface area contributed by atoms with Gasteiger partial charge in [-0.3, -0.25) is 9.59 Å². The first-order valence-corrected chi connectivity index (χ1v) is 9.75. The molecule has 0 spiro atoms. The summed E-state index contributed by atoms with van der Waals surface area (Å²) in [6, 6.07) is 7.69. The van der Waals surface area contributed by atoms with Crippen LogP contribution in [0.25, 0.3) is 0 Å². The Balaban J connectivity index is 1.43. The van der Waals surface area contributed by atoms with E-state index in [2.05, 4.69) is 15.6 Å². The molecule has 26 heavy (non-hydrogen) atoms. The van der Waals surface area contributed by atoms with E-state index in [0.29, 0.717) is 17.2 Å². The fraction of sp³-hybridized carbons (Fsp3) is 0.421. The monoisotopic (exact) mass is 371 g/mol. The standard InChI is InChI=1S/C19H21N3O3S/c23-17-5-4-15(22-17)13-2-1-3-14(10-13)21-18(24)16-11-20-19(26-16)12-6-8-25-9-7-12/h1-3,10-12,15H,4-9H2,(H,21,24)(H,22,23). The molecule has 4 rings (SSSR count). The van der Waals surface area contributed by atoms with E-state index in [1.54, 1.807) is 6.20 Å². The van der Waals surface area contributed by atoms with Crippen LogP contribution < -0.4 is 10.6 Å². The first-order valence-electron chi connectivity index (χ1n) is 8.93. The lowest BCUT2D eigenvalue weighted by molar-refractivity contribution is -0.119. The number of carbonyl (C=O) groups excluding carboxylic acids is 2. The smallest absolute Gasteiger partial charge is 0.267 e. The largest absolute Gasteiger partial charge is 0.381 e. The van der Waals surface area contributed by atoms with Gasteiger partial charge in [0, 0.05) is 31.2 Å². The van der Waals surface area contributed by atoms with Crippen molar-refractivity contribution in [3.63, 3.8) is 0 Å². The molecule has 2 amide bonds. The Hall–Kier alpha value is -2.25. The minimum absolute atomic E-state index is 0.0304. The van der Waals surface area contributed by atoms with Gasteiger partial charge in [-0.2, -0.15) is 0 Å². The number of rotatable bonds is 4. The molecule has 2 aliphatic rings. The van der Waals surface area contributed by atoms with Gasteiger partial charge < -0.3 is 15.4 Å². The van der Waals surface area contributed by atoms with Crippen LogP contribution >= 0.6 is 11.3 Å². The van der Waals surface area contributed by atoms with Gasteiger partial charge in [0.25, 0.3) is 5.91 Å². The molecule has 7 heteroatoms. The van der Waals surface area contributed by atoms with Gasteiger partial charge in [0.05, 0.1) is 17.2 Å². The van der Waals surface area contributed by atoms with E-state index in [1.165, 1.54) is 11.3 Å². The highest BCUT2D eigenvalue weighted by atomic mass is 32.1. The predicted octanol–water partition coefficient (Wildman–Crippen LogP) is 3.24. The molecule has 6 nitrogen and oxygen atoms in total. The molecule has 3 heterocycles. The predicted molar refractivity (Wildman–Crippen MR) is 99.4 cm³/mol. The summed E-state index contributed by atoms with van der Waals surface area (Å²) in [5.41, 5.74) is 1.75. The number of anilines is 1. The topological polar surface area (TPSA) is 80.3 Å². The molecule has 2 saturated heterocycles. The van der Waals surface area contributed by atoms with Gasteiger partial charge in [0.2, 0.25) is 5.91 Å². The van der Waals surface area contributed by atoms with Crippen molar-refractivity contribution in [1.82, 2.24) is 10.3 Å².